The summed E-state index contributed by atoms with van der Waals surface area (Å²) in [5.41, 5.74) is 0. The van der Waals surface area contributed by atoms with E-state index < -0.39 is 5.97 Å². The quantitative estimate of drug-likeness (QED) is 0.701. The van der Waals surface area contributed by atoms with Crippen LogP contribution in [0.25, 0.3) is 0 Å². The first kappa shape index (κ1) is 18.4. The predicted octanol–water partition coefficient (Wildman–Crippen LogP) is 4.34. The van der Waals surface area contributed by atoms with E-state index in [1.807, 2.05) is 0 Å². The van der Waals surface area contributed by atoms with E-state index in [4.69, 9.17) is 33.0 Å². The lowest BCUT2D eigenvalue weighted by Crippen LogP contribution is -2.36. The average molecular weight is 360 g/mol. The molecule has 128 valence electrons. The van der Waals surface area contributed by atoms with Crippen molar-refractivity contribution >= 4 is 29.2 Å². The van der Waals surface area contributed by atoms with Crippen molar-refractivity contribution in [1.82, 2.24) is 4.90 Å². The van der Waals surface area contributed by atoms with Gasteiger partial charge in [-0.15, -0.1) is 0 Å². The molecule has 6 heteroatoms. The minimum Gasteiger partial charge on any atom is -0.493 e. The fraction of sp³-hybridized carbons (Fsp3) is 0.588. The van der Waals surface area contributed by atoms with Crippen LogP contribution in [0.1, 0.15) is 32.1 Å². The Kier molecular flexibility index (Phi) is 7.47. The summed E-state index contributed by atoms with van der Waals surface area (Å²) in [4.78, 5) is 12.9. The molecule has 1 aliphatic heterocycles. The molecule has 0 aromatic heterocycles. The van der Waals surface area contributed by atoms with Gasteiger partial charge in [-0.25, -0.2) is 0 Å². The highest BCUT2D eigenvalue weighted by atomic mass is 35.5. The van der Waals surface area contributed by atoms with Gasteiger partial charge < -0.3 is 14.7 Å². The maximum absolute atomic E-state index is 10.5. The van der Waals surface area contributed by atoms with Gasteiger partial charge in [0, 0.05) is 16.5 Å². The largest absolute Gasteiger partial charge is 0.493 e. The van der Waals surface area contributed by atoms with Gasteiger partial charge in [-0.3, -0.25) is 4.79 Å². The van der Waals surface area contributed by atoms with E-state index in [1.54, 1.807) is 18.2 Å². The number of nitrogens with zero attached hydrogens (tertiary/aromatic N) is 1. The monoisotopic (exact) mass is 359 g/mol. The van der Waals surface area contributed by atoms with Crippen molar-refractivity contribution in [3.63, 3.8) is 0 Å². The van der Waals surface area contributed by atoms with Crippen LogP contribution in [0.4, 0.5) is 0 Å². The number of likely N-dealkylation sites (tertiary alicyclic amines) is 1. The molecule has 0 unspecified atom stereocenters. The van der Waals surface area contributed by atoms with Crippen molar-refractivity contribution in [2.24, 2.45) is 5.92 Å². The van der Waals surface area contributed by atoms with Crippen LogP contribution in [-0.4, -0.2) is 42.2 Å². The Bertz CT molecular complexity index is 496. The van der Waals surface area contributed by atoms with Crippen molar-refractivity contribution in [3.8, 4) is 5.75 Å². The minimum atomic E-state index is -0.707. The van der Waals surface area contributed by atoms with Crippen molar-refractivity contribution in [1.29, 1.82) is 0 Å². The summed E-state index contributed by atoms with van der Waals surface area (Å²) in [5.74, 6) is 0.559. The molecule has 0 aliphatic carbocycles. The Balaban J connectivity index is 1.63. The van der Waals surface area contributed by atoms with Crippen LogP contribution in [-0.2, 0) is 4.79 Å². The second-order valence-electron chi connectivity index (χ2n) is 6.05. The molecule has 4 nitrogen and oxygen atoms in total. The topological polar surface area (TPSA) is 49.8 Å². The molecule has 0 radical (unpaired) electrons. The zero-order valence-electron chi connectivity index (χ0n) is 13.1. The zero-order valence-corrected chi connectivity index (χ0v) is 14.7. The number of carbonyl (C=O) groups is 1. The van der Waals surface area contributed by atoms with Crippen molar-refractivity contribution < 1.29 is 14.6 Å². The lowest BCUT2D eigenvalue weighted by atomic mass is 9.97. The van der Waals surface area contributed by atoms with Gasteiger partial charge in [-0.1, -0.05) is 23.2 Å². The van der Waals surface area contributed by atoms with Gasteiger partial charge in [0.25, 0.3) is 0 Å². The van der Waals surface area contributed by atoms with Crippen molar-refractivity contribution in [2.45, 2.75) is 32.1 Å². The molecular weight excluding hydrogens is 337 g/mol. The Morgan fingerprint density at radius 1 is 1.17 bits per heavy atom. The number of benzene rings is 1. The molecule has 1 aromatic rings. The van der Waals surface area contributed by atoms with E-state index in [-0.39, 0.29) is 6.42 Å². The summed E-state index contributed by atoms with van der Waals surface area (Å²) >= 11 is 11.9. The van der Waals surface area contributed by atoms with Gasteiger partial charge in [-0.2, -0.15) is 0 Å². The van der Waals surface area contributed by atoms with Gasteiger partial charge in [0.15, 0.2) is 0 Å². The maximum Gasteiger partial charge on any atom is 0.303 e. The molecular formula is C17H23Cl2NO3. The third-order valence-corrected chi connectivity index (χ3v) is 4.58. The fourth-order valence-electron chi connectivity index (χ4n) is 2.81. The van der Waals surface area contributed by atoms with E-state index >= 15 is 0 Å². The molecule has 1 aliphatic rings. The second-order valence-corrected chi connectivity index (χ2v) is 6.92. The lowest BCUT2D eigenvalue weighted by molar-refractivity contribution is -0.137. The molecule has 0 bridgehead atoms. The summed E-state index contributed by atoms with van der Waals surface area (Å²) in [6.07, 6.45) is 4.19. The second kappa shape index (κ2) is 9.36. The number of hydrogen-bond acceptors (Lipinski definition) is 3. The smallest absolute Gasteiger partial charge is 0.303 e. The molecule has 0 amide bonds. The number of carboxylic acids is 1. The molecule has 1 N–H and O–H groups in total. The molecule has 1 fully saturated rings. The number of unbranched alkanes of at least 4 members (excludes halogenated alkanes) is 1. The minimum absolute atomic E-state index is 0.270. The maximum atomic E-state index is 10.5. The molecule has 1 heterocycles. The SMILES string of the molecule is O=C(O)CCCCN1CCC(COc2cc(Cl)cc(Cl)c2)CC1. The number of halogens is 2. The first-order valence-electron chi connectivity index (χ1n) is 8.06. The van der Waals surface area contributed by atoms with Crippen LogP contribution < -0.4 is 4.74 Å². The average Bonchev–Trinajstić information content (AvgIpc) is 2.49. The van der Waals surface area contributed by atoms with Gasteiger partial charge in [0.05, 0.1) is 6.61 Å². The number of hydrogen-bond donors (Lipinski definition) is 1. The molecule has 23 heavy (non-hydrogen) atoms. The van der Waals surface area contributed by atoms with E-state index in [0.717, 1.165) is 51.1 Å². The number of ether oxygens (including phenoxy) is 1. The Hall–Kier alpha value is -0.970. The molecule has 1 aromatic carbocycles. The third kappa shape index (κ3) is 6.98. The molecule has 2 rings (SSSR count). The van der Waals surface area contributed by atoms with E-state index in [1.165, 1.54) is 0 Å². The molecule has 0 atom stereocenters. The van der Waals surface area contributed by atoms with Gasteiger partial charge in [0.2, 0.25) is 0 Å². The molecule has 1 saturated heterocycles. The van der Waals surface area contributed by atoms with Gasteiger partial charge in [0.1, 0.15) is 5.75 Å². The summed E-state index contributed by atoms with van der Waals surface area (Å²) in [7, 11) is 0. The summed E-state index contributed by atoms with van der Waals surface area (Å²) in [6.45, 7) is 3.78. The summed E-state index contributed by atoms with van der Waals surface area (Å²) < 4.78 is 5.81. The Morgan fingerprint density at radius 2 is 1.83 bits per heavy atom. The van der Waals surface area contributed by atoms with Crippen LogP contribution in [0, 0.1) is 5.92 Å². The fourth-order valence-corrected chi connectivity index (χ4v) is 3.32. The highest BCUT2D eigenvalue weighted by Gasteiger charge is 2.19. The van der Waals surface area contributed by atoms with Crippen LogP contribution in [0.5, 0.6) is 5.75 Å². The van der Waals surface area contributed by atoms with Crippen LogP contribution in [0.3, 0.4) is 0 Å². The van der Waals surface area contributed by atoms with E-state index in [9.17, 15) is 4.79 Å². The van der Waals surface area contributed by atoms with Crippen LogP contribution in [0.2, 0.25) is 10.0 Å². The first-order valence-corrected chi connectivity index (χ1v) is 8.81. The molecule has 0 spiro atoms. The zero-order chi connectivity index (χ0) is 16.7. The number of rotatable bonds is 8. The number of piperidine rings is 1. The summed E-state index contributed by atoms with van der Waals surface area (Å²) in [6, 6.07) is 5.26. The lowest BCUT2D eigenvalue weighted by Gasteiger charge is -2.31. The van der Waals surface area contributed by atoms with E-state index in [2.05, 4.69) is 4.90 Å². The van der Waals surface area contributed by atoms with Crippen LogP contribution >= 0.6 is 23.2 Å². The highest BCUT2D eigenvalue weighted by Crippen LogP contribution is 2.26. The Labute approximate surface area is 147 Å². The first-order chi connectivity index (χ1) is 11.0. The number of carboxylic acid groups (broad SMARTS) is 1. The van der Waals surface area contributed by atoms with Gasteiger partial charge in [-0.05, 0) is 69.4 Å². The highest BCUT2D eigenvalue weighted by molar-refractivity contribution is 6.34. The number of aliphatic carboxylic acids is 1. The Morgan fingerprint density at radius 3 is 2.43 bits per heavy atom. The van der Waals surface area contributed by atoms with Crippen LogP contribution in [0.15, 0.2) is 18.2 Å². The predicted molar refractivity (Wildman–Crippen MR) is 92.6 cm³/mol. The van der Waals surface area contributed by atoms with Crippen molar-refractivity contribution in [3.05, 3.63) is 28.2 Å². The normalized spacial score (nSPS) is 16.4. The molecule has 0 saturated carbocycles. The van der Waals surface area contributed by atoms with Gasteiger partial charge >= 0.3 is 5.97 Å². The third-order valence-electron chi connectivity index (χ3n) is 4.14. The van der Waals surface area contributed by atoms with Crippen molar-refractivity contribution in [2.75, 3.05) is 26.2 Å². The van der Waals surface area contributed by atoms with E-state index in [0.29, 0.717) is 22.6 Å². The summed E-state index contributed by atoms with van der Waals surface area (Å²) in [5, 5.41) is 9.80. The standard InChI is InChI=1S/C17H23Cl2NO3/c18-14-9-15(19)11-16(10-14)23-12-13-4-7-20(8-5-13)6-2-1-3-17(21)22/h9-11,13H,1-8,12H2,(H,21,22).